The molecular formula is C16H30N2O. The SMILES string of the molecule is C[C@@H](NC(=O)C1CCCCC1N)C1CCCCCC1. The van der Waals surface area contributed by atoms with Crippen molar-refractivity contribution < 1.29 is 4.79 Å². The van der Waals surface area contributed by atoms with Crippen LogP contribution in [0.3, 0.4) is 0 Å². The smallest absolute Gasteiger partial charge is 0.224 e. The number of carbonyl (C=O) groups is 1. The van der Waals surface area contributed by atoms with Crippen LogP contribution in [0, 0.1) is 11.8 Å². The van der Waals surface area contributed by atoms with Crippen molar-refractivity contribution in [3.05, 3.63) is 0 Å². The molecule has 0 saturated heterocycles. The molecular weight excluding hydrogens is 236 g/mol. The van der Waals surface area contributed by atoms with Gasteiger partial charge in [-0.05, 0) is 38.5 Å². The summed E-state index contributed by atoms with van der Waals surface area (Å²) in [7, 11) is 0. The summed E-state index contributed by atoms with van der Waals surface area (Å²) in [5, 5.41) is 3.26. The van der Waals surface area contributed by atoms with Gasteiger partial charge in [-0.25, -0.2) is 0 Å². The molecule has 2 aliphatic rings. The van der Waals surface area contributed by atoms with Gasteiger partial charge in [0, 0.05) is 12.1 Å². The fourth-order valence-corrected chi connectivity index (χ4v) is 3.75. The zero-order valence-corrected chi connectivity index (χ0v) is 12.4. The molecule has 0 aromatic carbocycles. The third kappa shape index (κ3) is 4.20. The largest absolute Gasteiger partial charge is 0.353 e. The van der Waals surface area contributed by atoms with E-state index >= 15 is 0 Å². The van der Waals surface area contributed by atoms with Crippen LogP contribution < -0.4 is 11.1 Å². The molecule has 2 saturated carbocycles. The van der Waals surface area contributed by atoms with E-state index in [1.54, 1.807) is 0 Å². The summed E-state index contributed by atoms with van der Waals surface area (Å²) < 4.78 is 0. The van der Waals surface area contributed by atoms with E-state index < -0.39 is 0 Å². The Balaban J connectivity index is 1.83. The Kier molecular flexibility index (Phi) is 5.68. The molecule has 0 bridgehead atoms. The molecule has 19 heavy (non-hydrogen) atoms. The summed E-state index contributed by atoms with van der Waals surface area (Å²) in [6.07, 6.45) is 12.3. The molecule has 0 aromatic rings. The number of nitrogens with two attached hydrogens (primary N) is 1. The number of carbonyl (C=O) groups excluding carboxylic acids is 1. The molecule has 3 heteroatoms. The molecule has 0 heterocycles. The van der Waals surface area contributed by atoms with Gasteiger partial charge in [0.15, 0.2) is 0 Å². The van der Waals surface area contributed by atoms with Gasteiger partial charge in [0.05, 0.1) is 5.92 Å². The van der Waals surface area contributed by atoms with Gasteiger partial charge >= 0.3 is 0 Å². The van der Waals surface area contributed by atoms with Crippen molar-refractivity contribution in [2.75, 3.05) is 0 Å². The third-order valence-corrected chi connectivity index (χ3v) is 5.13. The van der Waals surface area contributed by atoms with Crippen LogP contribution in [-0.4, -0.2) is 18.0 Å². The molecule has 0 radical (unpaired) electrons. The van der Waals surface area contributed by atoms with Crippen molar-refractivity contribution in [2.24, 2.45) is 17.6 Å². The highest BCUT2D eigenvalue weighted by molar-refractivity contribution is 5.79. The minimum Gasteiger partial charge on any atom is -0.353 e. The van der Waals surface area contributed by atoms with Crippen LogP contribution in [0.25, 0.3) is 0 Å². The molecule has 3 nitrogen and oxygen atoms in total. The third-order valence-electron chi connectivity index (χ3n) is 5.13. The first-order valence-corrected chi connectivity index (χ1v) is 8.24. The summed E-state index contributed by atoms with van der Waals surface area (Å²) in [5.41, 5.74) is 6.10. The lowest BCUT2D eigenvalue weighted by Gasteiger charge is -2.30. The zero-order valence-electron chi connectivity index (χ0n) is 12.4. The zero-order chi connectivity index (χ0) is 13.7. The first kappa shape index (κ1) is 14.8. The van der Waals surface area contributed by atoms with Gasteiger partial charge in [-0.2, -0.15) is 0 Å². The van der Waals surface area contributed by atoms with Gasteiger partial charge in [0.1, 0.15) is 0 Å². The van der Waals surface area contributed by atoms with E-state index in [0.29, 0.717) is 12.0 Å². The number of amides is 1. The summed E-state index contributed by atoms with van der Waals surface area (Å²) >= 11 is 0. The van der Waals surface area contributed by atoms with Crippen LogP contribution in [-0.2, 0) is 4.79 Å². The summed E-state index contributed by atoms with van der Waals surface area (Å²) in [5.74, 6) is 0.942. The van der Waals surface area contributed by atoms with Crippen LogP contribution >= 0.6 is 0 Å². The van der Waals surface area contributed by atoms with Crippen molar-refractivity contribution in [2.45, 2.75) is 83.2 Å². The Hall–Kier alpha value is -0.570. The normalized spacial score (nSPS) is 31.5. The fourth-order valence-electron chi connectivity index (χ4n) is 3.75. The summed E-state index contributed by atoms with van der Waals surface area (Å²) in [6.45, 7) is 2.18. The lowest BCUT2D eigenvalue weighted by molar-refractivity contribution is -0.127. The molecule has 2 rings (SSSR count). The maximum Gasteiger partial charge on any atom is 0.224 e. The second kappa shape index (κ2) is 7.28. The maximum absolute atomic E-state index is 12.4. The Labute approximate surface area is 117 Å². The highest BCUT2D eigenvalue weighted by atomic mass is 16.2. The second-order valence-corrected chi connectivity index (χ2v) is 6.60. The van der Waals surface area contributed by atoms with E-state index in [1.807, 2.05) is 0 Å². The number of rotatable bonds is 3. The summed E-state index contributed by atoms with van der Waals surface area (Å²) in [4.78, 5) is 12.4. The minimum atomic E-state index is 0.0574. The molecule has 110 valence electrons. The van der Waals surface area contributed by atoms with Crippen molar-refractivity contribution in [3.63, 3.8) is 0 Å². The lowest BCUT2D eigenvalue weighted by Crippen LogP contribution is -2.47. The van der Waals surface area contributed by atoms with Gasteiger partial charge in [0.25, 0.3) is 0 Å². The van der Waals surface area contributed by atoms with Gasteiger partial charge in [-0.3, -0.25) is 4.79 Å². The highest BCUT2D eigenvalue weighted by Crippen LogP contribution is 2.27. The van der Waals surface area contributed by atoms with Crippen LogP contribution in [0.2, 0.25) is 0 Å². The Bertz CT molecular complexity index is 284. The topological polar surface area (TPSA) is 55.1 Å². The fraction of sp³-hybridized carbons (Fsp3) is 0.938. The Morgan fingerprint density at radius 1 is 1.00 bits per heavy atom. The standard InChI is InChI=1S/C16H30N2O/c1-12(13-8-4-2-3-5-9-13)18-16(19)14-10-6-7-11-15(14)17/h12-15H,2-11,17H2,1H3,(H,18,19)/t12-,14?,15?/m1/s1. The average molecular weight is 266 g/mol. The summed E-state index contributed by atoms with van der Waals surface area (Å²) in [6, 6.07) is 0.398. The van der Waals surface area contributed by atoms with E-state index in [-0.39, 0.29) is 17.9 Å². The molecule has 2 unspecified atom stereocenters. The van der Waals surface area contributed by atoms with Crippen molar-refractivity contribution in [3.8, 4) is 0 Å². The molecule has 0 aromatic heterocycles. The van der Waals surface area contributed by atoms with Gasteiger partial charge < -0.3 is 11.1 Å². The number of hydrogen-bond donors (Lipinski definition) is 2. The molecule has 3 atom stereocenters. The van der Waals surface area contributed by atoms with Crippen molar-refractivity contribution in [1.82, 2.24) is 5.32 Å². The monoisotopic (exact) mass is 266 g/mol. The van der Waals surface area contributed by atoms with Crippen molar-refractivity contribution >= 4 is 5.91 Å². The van der Waals surface area contributed by atoms with Crippen LogP contribution in [0.4, 0.5) is 0 Å². The minimum absolute atomic E-state index is 0.0574. The molecule has 1 amide bonds. The Morgan fingerprint density at radius 3 is 2.21 bits per heavy atom. The average Bonchev–Trinajstić information content (AvgIpc) is 2.68. The van der Waals surface area contributed by atoms with Gasteiger partial charge in [-0.1, -0.05) is 38.5 Å². The maximum atomic E-state index is 12.4. The van der Waals surface area contributed by atoms with Gasteiger partial charge in [0.2, 0.25) is 5.91 Å². The Morgan fingerprint density at radius 2 is 1.58 bits per heavy atom. The second-order valence-electron chi connectivity index (χ2n) is 6.60. The van der Waals surface area contributed by atoms with Crippen molar-refractivity contribution in [1.29, 1.82) is 0 Å². The molecule has 2 fully saturated rings. The van der Waals surface area contributed by atoms with E-state index in [1.165, 1.54) is 44.9 Å². The molecule has 2 aliphatic carbocycles. The number of nitrogens with one attached hydrogen (secondary N) is 1. The van der Waals surface area contributed by atoms with E-state index in [9.17, 15) is 4.79 Å². The van der Waals surface area contributed by atoms with Crippen LogP contribution in [0.15, 0.2) is 0 Å². The van der Waals surface area contributed by atoms with E-state index in [4.69, 9.17) is 5.73 Å². The first-order chi connectivity index (χ1) is 9.18. The lowest BCUT2D eigenvalue weighted by atomic mass is 9.84. The predicted molar refractivity (Wildman–Crippen MR) is 78.7 cm³/mol. The quantitative estimate of drug-likeness (QED) is 0.772. The first-order valence-electron chi connectivity index (χ1n) is 8.24. The molecule has 0 aliphatic heterocycles. The van der Waals surface area contributed by atoms with Crippen LogP contribution in [0.1, 0.15) is 71.1 Å². The van der Waals surface area contributed by atoms with E-state index in [2.05, 4.69) is 12.2 Å². The highest BCUT2D eigenvalue weighted by Gasteiger charge is 2.30. The molecule has 0 spiro atoms. The van der Waals surface area contributed by atoms with Gasteiger partial charge in [-0.15, -0.1) is 0 Å². The molecule has 3 N–H and O–H groups in total. The number of hydrogen-bond acceptors (Lipinski definition) is 2. The van der Waals surface area contributed by atoms with E-state index in [0.717, 1.165) is 19.3 Å². The predicted octanol–water partition coefficient (Wildman–Crippen LogP) is 2.98. The van der Waals surface area contributed by atoms with Crippen LogP contribution in [0.5, 0.6) is 0 Å².